The number of carbonyl (C=O) groups is 3. The Labute approximate surface area is 215 Å². The fraction of sp³-hybridized carbons (Fsp3) is 0.269. The van der Waals surface area contributed by atoms with Crippen molar-refractivity contribution in [2.24, 2.45) is 0 Å². The van der Waals surface area contributed by atoms with Gasteiger partial charge in [0.1, 0.15) is 6.54 Å². The van der Waals surface area contributed by atoms with E-state index in [1.807, 2.05) is 36.4 Å². The smallest absolute Gasteiger partial charge is 0.294 e. The van der Waals surface area contributed by atoms with Crippen molar-refractivity contribution in [3.63, 3.8) is 0 Å². The molecule has 2 saturated heterocycles. The molecule has 36 heavy (non-hydrogen) atoms. The summed E-state index contributed by atoms with van der Waals surface area (Å²) in [4.78, 5) is 38.8. The Hall–Kier alpha value is -3.21. The molecule has 2 aliphatic heterocycles. The summed E-state index contributed by atoms with van der Waals surface area (Å²) >= 11 is 0.771. The Morgan fingerprint density at radius 3 is 2.42 bits per heavy atom. The van der Waals surface area contributed by atoms with Gasteiger partial charge in [0.2, 0.25) is 15.9 Å². The molecule has 0 aromatic heterocycles. The third kappa shape index (κ3) is 6.31. The molecule has 0 atom stereocenters. The maximum Gasteiger partial charge on any atom is 0.294 e. The van der Waals surface area contributed by atoms with Crippen molar-refractivity contribution in [1.29, 1.82) is 0 Å². The van der Waals surface area contributed by atoms with Crippen molar-refractivity contribution in [2.75, 3.05) is 25.0 Å². The van der Waals surface area contributed by atoms with E-state index in [1.54, 1.807) is 24.3 Å². The molecule has 2 aliphatic rings. The molecule has 0 bridgehead atoms. The number of anilines is 1. The number of rotatable bonds is 7. The molecule has 0 radical (unpaired) electrons. The molecule has 0 unspecified atom stereocenters. The zero-order valence-corrected chi connectivity index (χ0v) is 21.3. The molecule has 2 aromatic rings. The summed E-state index contributed by atoms with van der Waals surface area (Å²) in [5, 5.41) is 2.07. The van der Waals surface area contributed by atoms with Crippen molar-refractivity contribution in [1.82, 2.24) is 9.21 Å². The lowest BCUT2D eigenvalue weighted by atomic mass is 10.2. The first-order valence-electron chi connectivity index (χ1n) is 11.7. The highest BCUT2D eigenvalue weighted by Gasteiger charge is 2.36. The molecule has 8 nitrogen and oxygen atoms in total. The van der Waals surface area contributed by atoms with Crippen LogP contribution in [0, 0.1) is 0 Å². The van der Waals surface area contributed by atoms with E-state index in [4.69, 9.17) is 0 Å². The molecule has 0 saturated carbocycles. The number of hydrogen-bond acceptors (Lipinski definition) is 6. The average molecular weight is 526 g/mol. The SMILES string of the molecule is O=C(CN1C(=O)S/C(=C/C=C/c2ccccc2)C1=O)Nc1cccc(S(=O)(=O)N2CCCCCC2)c1. The van der Waals surface area contributed by atoms with Gasteiger partial charge in [0.25, 0.3) is 11.1 Å². The highest BCUT2D eigenvalue weighted by Crippen LogP contribution is 2.30. The first-order valence-corrected chi connectivity index (χ1v) is 14.0. The van der Waals surface area contributed by atoms with Crippen LogP contribution >= 0.6 is 11.8 Å². The molecule has 4 rings (SSSR count). The molecule has 2 fully saturated rings. The number of thioether (sulfide) groups is 1. The van der Waals surface area contributed by atoms with Gasteiger partial charge in [-0.15, -0.1) is 0 Å². The van der Waals surface area contributed by atoms with Gasteiger partial charge in [0.15, 0.2) is 0 Å². The number of allylic oxidation sites excluding steroid dienone is 2. The van der Waals surface area contributed by atoms with E-state index in [0.717, 1.165) is 47.9 Å². The van der Waals surface area contributed by atoms with Gasteiger partial charge in [0.05, 0.1) is 9.80 Å². The Balaban J connectivity index is 1.39. The van der Waals surface area contributed by atoms with Gasteiger partial charge >= 0.3 is 0 Å². The van der Waals surface area contributed by atoms with Gasteiger partial charge in [-0.05, 0) is 54.4 Å². The summed E-state index contributed by atoms with van der Waals surface area (Å²) < 4.78 is 27.6. The lowest BCUT2D eigenvalue weighted by Gasteiger charge is -2.20. The van der Waals surface area contributed by atoms with Crippen LogP contribution in [0.2, 0.25) is 0 Å². The predicted octanol–water partition coefficient (Wildman–Crippen LogP) is 4.48. The molecule has 3 amide bonds. The van der Waals surface area contributed by atoms with Gasteiger partial charge < -0.3 is 5.32 Å². The summed E-state index contributed by atoms with van der Waals surface area (Å²) in [5.41, 5.74) is 1.23. The number of nitrogens with one attached hydrogen (secondary N) is 1. The average Bonchev–Trinajstić information content (AvgIpc) is 3.06. The fourth-order valence-corrected chi connectivity index (χ4v) is 6.32. The zero-order chi connectivity index (χ0) is 25.5. The van der Waals surface area contributed by atoms with Gasteiger partial charge in [-0.1, -0.05) is 61.4 Å². The summed E-state index contributed by atoms with van der Waals surface area (Å²) in [5.74, 6) is -1.14. The molecule has 0 spiro atoms. The number of imide groups is 1. The van der Waals surface area contributed by atoms with E-state index in [1.165, 1.54) is 16.4 Å². The summed E-state index contributed by atoms with van der Waals surface area (Å²) in [6.07, 6.45) is 8.71. The largest absolute Gasteiger partial charge is 0.324 e. The fourth-order valence-electron chi connectivity index (χ4n) is 3.97. The minimum atomic E-state index is -3.67. The molecular formula is C26H27N3O5S2. The van der Waals surface area contributed by atoms with Crippen LogP contribution < -0.4 is 5.32 Å². The first-order chi connectivity index (χ1) is 17.3. The standard InChI is InChI=1S/C26H27N3O5S2/c30-24(19-29-25(31)23(35-26(29)32)15-8-12-20-10-4-3-5-11-20)27-21-13-9-14-22(18-21)36(33,34)28-16-6-1-2-7-17-28/h3-5,8-15,18H,1-2,6-7,16-17,19H2,(H,27,30)/b12-8+,23-15+. The molecular weight excluding hydrogens is 498 g/mol. The minimum Gasteiger partial charge on any atom is -0.324 e. The molecule has 1 N–H and O–H groups in total. The number of amides is 3. The van der Waals surface area contributed by atoms with Crippen molar-refractivity contribution in [2.45, 2.75) is 30.6 Å². The van der Waals surface area contributed by atoms with Crippen LogP contribution in [-0.2, 0) is 19.6 Å². The predicted molar refractivity (Wildman–Crippen MR) is 141 cm³/mol. The molecule has 188 valence electrons. The van der Waals surface area contributed by atoms with Crippen LogP contribution in [0.5, 0.6) is 0 Å². The Morgan fingerprint density at radius 2 is 1.69 bits per heavy atom. The van der Waals surface area contributed by atoms with Crippen molar-refractivity contribution in [3.05, 3.63) is 77.2 Å². The van der Waals surface area contributed by atoms with Crippen LogP contribution in [0.15, 0.2) is 76.5 Å². The topological polar surface area (TPSA) is 104 Å². The Bertz CT molecular complexity index is 1300. The maximum absolute atomic E-state index is 13.1. The lowest BCUT2D eigenvalue weighted by molar-refractivity contribution is -0.127. The maximum atomic E-state index is 13.1. The van der Waals surface area contributed by atoms with Crippen molar-refractivity contribution in [3.8, 4) is 0 Å². The third-order valence-electron chi connectivity index (χ3n) is 5.83. The second-order valence-electron chi connectivity index (χ2n) is 8.45. The van der Waals surface area contributed by atoms with E-state index in [0.29, 0.717) is 13.1 Å². The van der Waals surface area contributed by atoms with Crippen LogP contribution in [0.25, 0.3) is 6.08 Å². The van der Waals surface area contributed by atoms with Crippen LogP contribution in [0.3, 0.4) is 0 Å². The zero-order valence-electron chi connectivity index (χ0n) is 19.6. The van der Waals surface area contributed by atoms with Crippen molar-refractivity contribution >= 4 is 50.6 Å². The highest BCUT2D eigenvalue weighted by atomic mass is 32.2. The number of sulfonamides is 1. The van der Waals surface area contributed by atoms with Gasteiger partial charge in [-0.2, -0.15) is 4.31 Å². The summed E-state index contributed by atoms with van der Waals surface area (Å²) in [7, 11) is -3.67. The Morgan fingerprint density at radius 1 is 0.972 bits per heavy atom. The minimum absolute atomic E-state index is 0.0986. The lowest BCUT2D eigenvalue weighted by Crippen LogP contribution is -2.36. The highest BCUT2D eigenvalue weighted by molar-refractivity contribution is 8.18. The normalized spacial score (nSPS) is 18.7. The molecule has 2 aromatic carbocycles. The van der Waals surface area contributed by atoms with Gasteiger partial charge in [0, 0.05) is 18.8 Å². The van der Waals surface area contributed by atoms with E-state index in [-0.39, 0.29) is 15.5 Å². The van der Waals surface area contributed by atoms with Crippen LogP contribution in [-0.4, -0.2) is 54.3 Å². The monoisotopic (exact) mass is 525 g/mol. The van der Waals surface area contributed by atoms with Gasteiger partial charge in [-0.25, -0.2) is 8.42 Å². The second-order valence-corrected chi connectivity index (χ2v) is 11.4. The number of carbonyl (C=O) groups excluding carboxylic acids is 3. The van der Waals surface area contributed by atoms with E-state index < -0.39 is 33.6 Å². The molecule has 2 heterocycles. The van der Waals surface area contributed by atoms with E-state index in [2.05, 4.69) is 5.32 Å². The summed E-state index contributed by atoms with van der Waals surface area (Å²) in [6.45, 7) is 0.492. The molecule has 10 heteroatoms. The van der Waals surface area contributed by atoms with E-state index in [9.17, 15) is 22.8 Å². The number of hydrogen-bond donors (Lipinski definition) is 1. The van der Waals surface area contributed by atoms with Crippen molar-refractivity contribution < 1.29 is 22.8 Å². The second kappa shape index (κ2) is 11.7. The quantitative estimate of drug-likeness (QED) is 0.535. The van der Waals surface area contributed by atoms with E-state index >= 15 is 0 Å². The number of nitrogens with zero attached hydrogens (tertiary/aromatic N) is 2. The Kier molecular flexibility index (Phi) is 8.40. The first kappa shape index (κ1) is 25.9. The van der Waals surface area contributed by atoms with Crippen LogP contribution in [0.4, 0.5) is 10.5 Å². The van der Waals surface area contributed by atoms with Gasteiger partial charge in [-0.3, -0.25) is 19.3 Å². The molecule has 0 aliphatic carbocycles. The van der Waals surface area contributed by atoms with Crippen LogP contribution in [0.1, 0.15) is 31.2 Å². The third-order valence-corrected chi connectivity index (χ3v) is 8.65. The summed E-state index contributed by atoms with van der Waals surface area (Å²) in [6, 6.07) is 15.5. The number of benzene rings is 2.